The zero-order valence-electron chi connectivity index (χ0n) is 16.5. The number of carbonyl (C=O) groups is 1. The maximum Gasteiger partial charge on any atom is 0.335 e. The van der Waals surface area contributed by atoms with Crippen molar-refractivity contribution in [3.8, 4) is 0 Å². The third-order valence-electron chi connectivity index (χ3n) is 5.03. The first-order valence-electron chi connectivity index (χ1n) is 9.58. The van der Waals surface area contributed by atoms with E-state index in [9.17, 15) is 21.6 Å². The number of anilines is 1. The van der Waals surface area contributed by atoms with Crippen LogP contribution in [0.5, 0.6) is 0 Å². The molecule has 0 saturated carbocycles. The highest BCUT2D eigenvalue weighted by Crippen LogP contribution is 2.24. The molecule has 3 rings (SSSR count). The number of carboxylic acids is 1. The lowest BCUT2D eigenvalue weighted by Crippen LogP contribution is -2.31. The molecule has 0 bridgehead atoms. The molecule has 2 N–H and O–H groups in total. The Hall–Kier alpha value is -2.43. The number of hydrogen-bond donors (Lipinski definition) is 2. The number of nitrogens with zero attached hydrogens (tertiary/aromatic N) is 1. The van der Waals surface area contributed by atoms with E-state index in [0.29, 0.717) is 18.7 Å². The maximum absolute atomic E-state index is 12.8. The molecule has 0 radical (unpaired) electrons. The summed E-state index contributed by atoms with van der Waals surface area (Å²) in [5.74, 6) is -1.23. The fraction of sp³-hybridized carbons (Fsp3) is 0.350. The van der Waals surface area contributed by atoms with Gasteiger partial charge < -0.3 is 5.11 Å². The molecule has 0 spiro atoms. The van der Waals surface area contributed by atoms with Crippen LogP contribution in [0.4, 0.5) is 5.69 Å². The molecule has 0 amide bonds. The molecule has 30 heavy (non-hydrogen) atoms. The molecule has 0 aliphatic carbocycles. The zero-order valence-corrected chi connectivity index (χ0v) is 18.2. The lowest BCUT2D eigenvalue weighted by atomic mass is 10.1. The lowest BCUT2D eigenvalue weighted by Gasteiger charge is -2.20. The van der Waals surface area contributed by atoms with Crippen molar-refractivity contribution in [1.82, 2.24) is 4.31 Å². The predicted molar refractivity (Wildman–Crippen MR) is 113 cm³/mol. The minimum Gasteiger partial charge on any atom is -0.478 e. The van der Waals surface area contributed by atoms with E-state index in [1.165, 1.54) is 40.7 Å². The number of rotatable bonds is 6. The van der Waals surface area contributed by atoms with Gasteiger partial charge >= 0.3 is 5.97 Å². The van der Waals surface area contributed by atoms with Gasteiger partial charge in [0, 0.05) is 18.8 Å². The molecule has 1 heterocycles. The molecule has 0 aromatic heterocycles. The summed E-state index contributed by atoms with van der Waals surface area (Å²) >= 11 is 0. The van der Waals surface area contributed by atoms with Crippen molar-refractivity contribution in [2.24, 2.45) is 0 Å². The van der Waals surface area contributed by atoms with Gasteiger partial charge in [0.15, 0.2) is 0 Å². The van der Waals surface area contributed by atoms with Crippen LogP contribution >= 0.6 is 0 Å². The summed E-state index contributed by atoms with van der Waals surface area (Å²) < 4.78 is 55.0. The molecule has 0 atom stereocenters. The summed E-state index contributed by atoms with van der Waals surface area (Å²) in [6, 6.07) is 9.38. The first-order chi connectivity index (χ1) is 14.1. The van der Waals surface area contributed by atoms with Crippen molar-refractivity contribution in [1.29, 1.82) is 0 Å². The largest absolute Gasteiger partial charge is 0.478 e. The summed E-state index contributed by atoms with van der Waals surface area (Å²) in [7, 11) is -7.68. The highest BCUT2D eigenvalue weighted by atomic mass is 32.2. The fourth-order valence-corrected chi connectivity index (χ4v) is 6.21. The number of nitrogens with one attached hydrogen (secondary N) is 1. The van der Waals surface area contributed by atoms with Crippen LogP contribution in [0.2, 0.25) is 0 Å². The lowest BCUT2D eigenvalue weighted by molar-refractivity contribution is 0.0696. The molecule has 162 valence electrons. The number of sulfonamides is 2. The number of aromatic carboxylic acids is 1. The summed E-state index contributed by atoms with van der Waals surface area (Å²) in [5.41, 5.74) is 0.442. The number of aryl methyl sites for hydroxylation is 1. The Kier molecular flexibility index (Phi) is 6.49. The van der Waals surface area contributed by atoms with Crippen LogP contribution < -0.4 is 4.72 Å². The average Bonchev–Trinajstić information content (AvgIpc) is 2.98. The van der Waals surface area contributed by atoms with Crippen LogP contribution in [0.25, 0.3) is 0 Å². The molecule has 1 saturated heterocycles. The third-order valence-corrected chi connectivity index (χ3v) is 8.47. The van der Waals surface area contributed by atoms with E-state index in [1.807, 2.05) is 0 Å². The van der Waals surface area contributed by atoms with Crippen molar-refractivity contribution in [2.45, 2.75) is 42.4 Å². The van der Waals surface area contributed by atoms with Gasteiger partial charge in [-0.15, -0.1) is 0 Å². The Labute approximate surface area is 176 Å². The summed E-state index contributed by atoms with van der Waals surface area (Å²) in [6.07, 6.45) is 3.67. The molecule has 8 nitrogen and oxygen atoms in total. The van der Waals surface area contributed by atoms with Gasteiger partial charge in [-0.05, 0) is 61.7 Å². The Morgan fingerprint density at radius 3 is 2.10 bits per heavy atom. The van der Waals surface area contributed by atoms with Gasteiger partial charge in [-0.2, -0.15) is 4.31 Å². The highest BCUT2D eigenvalue weighted by molar-refractivity contribution is 7.92. The summed E-state index contributed by atoms with van der Waals surface area (Å²) in [5, 5.41) is 9.11. The first kappa shape index (κ1) is 22.3. The summed E-state index contributed by atoms with van der Waals surface area (Å²) in [6.45, 7) is 2.53. The van der Waals surface area contributed by atoms with Crippen LogP contribution in [-0.4, -0.2) is 45.3 Å². The second kappa shape index (κ2) is 8.75. The van der Waals surface area contributed by atoms with Crippen molar-refractivity contribution in [3.05, 3.63) is 53.6 Å². The summed E-state index contributed by atoms with van der Waals surface area (Å²) in [4.78, 5) is 11.1. The zero-order chi connectivity index (χ0) is 21.9. The van der Waals surface area contributed by atoms with Crippen LogP contribution in [-0.2, 0) is 20.0 Å². The third kappa shape index (κ3) is 4.82. The van der Waals surface area contributed by atoms with E-state index in [-0.39, 0.29) is 21.0 Å². The molecule has 10 heteroatoms. The maximum atomic E-state index is 12.8. The normalized spacial score (nSPS) is 16.0. The molecule has 1 aliphatic heterocycles. The first-order valence-corrected chi connectivity index (χ1v) is 12.5. The standard InChI is InChI=1S/C20H24N2O6S2/c1-15-6-7-16(20(23)24)14-19(15)29(25,26)21-17-8-10-18(11-9-17)30(27,28)22-12-4-2-3-5-13-22/h6-11,14,21H,2-5,12-13H2,1H3,(H,23,24). The molecule has 1 fully saturated rings. The molecule has 1 aliphatic rings. The molecular weight excluding hydrogens is 428 g/mol. The van der Waals surface area contributed by atoms with Gasteiger partial charge in [0.1, 0.15) is 0 Å². The number of hydrogen-bond acceptors (Lipinski definition) is 5. The van der Waals surface area contributed by atoms with Crippen molar-refractivity contribution >= 4 is 31.7 Å². The van der Waals surface area contributed by atoms with Gasteiger partial charge in [0.25, 0.3) is 10.0 Å². The van der Waals surface area contributed by atoms with Gasteiger partial charge in [-0.1, -0.05) is 18.9 Å². The fourth-order valence-electron chi connectivity index (χ4n) is 3.36. The van der Waals surface area contributed by atoms with Crippen LogP contribution in [0.15, 0.2) is 52.3 Å². The van der Waals surface area contributed by atoms with Gasteiger partial charge in [0.05, 0.1) is 15.4 Å². The Morgan fingerprint density at radius 2 is 1.53 bits per heavy atom. The Bertz CT molecular complexity index is 1130. The van der Waals surface area contributed by atoms with E-state index < -0.39 is 26.0 Å². The Balaban J connectivity index is 1.83. The monoisotopic (exact) mass is 452 g/mol. The molecule has 2 aromatic carbocycles. The van der Waals surface area contributed by atoms with Crippen LogP contribution in [0.1, 0.15) is 41.6 Å². The van der Waals surface area contributed by atoms with E-state index in [4.69, 9.17) is 5.11 Å². The van der Waals surface area contributed by atoms with E-state index in [0.717, 1.165) is 31.7 Å². The topological polar surface area (TPSA) is 121 Å². The second-order valence-electron chi connectivity index (χ2n) is 7.23. The minimum absolute atomic E-state index is 0.108. The minimum atomic E-state index is -4.05. The molecular formula is C20H24N2O6S2. The molecule has 0 unspecified atom stereocenters. The smallest absolute Gasteiger partial charge is 0.335 e. The highest BCUT2D eigenvalue weighted by Gasteiger charge is 2.25. The van der Waals surface area contributed by atoms with Crippen LogP contribution in [0, 0.1) is 6.92 Å². The van der Waals surface area contributed by atoms with Crippen molar-refractivity contribution in [3.63, 3.8) is 0 Å². The molecule has 2 aromatic rings. The SMILES string of the molecule is Cc1ccc(C(=O)O)cc1S(=O)(=O)Nc1ccc(S(=O)(=O)N2CCCCCC2)cc1. The van der Waals surface area contributed by atoms with E-state index >= 15 is 0 Å². The quantitative estimate of drug-likeness (QED) is 0.695. The number of benzene rings is 2. The van der Waals surface area contributed by atoms with Crippen molar-refractivity contribution < 1.29 is 26.7 Å². The Morgan fingerprint density at radius 1 is 0.933 bits per heavy atom. The van der Waals surface area contributed by atoms with Gasteiger partial charge in [-0.3, -0.25) is 4.72 Å². The van der Waals surface area contributed by atoms with Crippen LogP contribution in [0.3, 0.4) is 0 Å². The van der Waals surface area contributed by atoms with Gasteiger partial charge in [-0.25, -0.2) is 21.6 Å². The van der Waals surface area contributed by atoms with Crippen molar-refractivity contribution in [2.75, 3.05) is 17.8 Å². The van der Waals surface area contributed by atoms with E-state index in [2.05, 4.69) is 4.72 Å². The second-order valence-corrected chi connectivity index (χ2v) is 10.8. The predicted octanol–water partition coefficient (Wildman–Crippen LogP) is 3.06. The number of carboxylic acid groups (broad SMARTS) is 1. The average molecular weight is 453 g/mol. The van der Waals surface area contributed by atoms with E-state index in [1.54, 1.807) is 6.92 Å². The van der Waals surface area contributed by atoms with Gasteiger partial charge in [0.2, 0.25) is 10.0 Å².